The predicted octanol–water partition coefficient (Wildman–Crippen LogP) is 3.54. The van der Waals surface area contributed by atoms with Crippen LogP contribution in [0.5, 0.6) is 0 Å². The lowest BCUT2D eigenvalue weighted by molar-refractivity contribution is 0.172. The van der Waals surface area contributed by atoms with E-state index in [0.29, 0.717) is 26.4 Å². The molecular formula is C17H26N2O4. The Morgan fingerprint density at radius 2 is 1.13 bits per heavy atom. The number of hydrogen-bond donors (Lipinski definition) is 0. The van der Waals surface area contributed by atoms with Crippen LogP contribution in [0.15, 0.2) is 40.3 Å². The van der Waals surface area contributed by atoms with E-state index >= 15 is 0 Å². The molecule has 128 valence electrons. The summed E-state index contributed by atoms with van der Waals surface area (Å²) in [7, 11) is 0. The van der Waals surface area contributed by atoms with Crippen molar-refractivity contribution in [2.75, 3.05) is 26.4 Å². The van der Waals surface area contributed by atoms with Crippen LogP contribution < -0.4 is 0 Å². The highest BCUT2D eigenvalue weighted by atomic mass is 16.7. The Labute approximate surface area is 138 Å². The Kier molecular flexibility index (Phi) is 9.28. The zero-order chi connectivity index (χ0) is 16.9. The Hall–Kier alpha value is -2.24. The average molecular weight is 322 g/mol. The molecule has 0 saturated carbocycles. The molecule has 23 heavy (non-hydrogen) atoms. The van der Waals surface area contributed by atoms with E-state index in [-0.39, 0.29) is 12.2 Å². The molecule has 0 aromatic heterocycles. The molecule has 0 saturated heterocycles. The van der Waals surface area contributed by atoms with Crippen LogP contribution in [0.3, 0.4) is 0 Å². The fraction of sp³-hybridized carbons (Fsp3) is 0.529. The summed E-state index contributed by atoms with van der Waals surface area (Å²) in [5, 5.41) is 0. The molecule has 1 aromatic rings. The minimum atomic E-state index is -0.558. The van der Waals surface area contributed by atoms with Crippen LogP contribution in [0.1, 0.15) is 39.4 Å². The van der Waals surface area contributed by atoms with Gasteiger partial charge in [0.05, 0.1) is 26.4 Å². The van der Waals surface area contributed by atoms with Gasteiger partial charge in [-0.3, -0.25) is 0 Å². The fourth-order valence-electron chi connectivity index (χ4n) is 1.73. The van der Waals surface area contributed by atoms with Crippen LogP contribution in [0, 0.1) is 0 Å². The molecule has 6 nitrogen and oxygen atoms in total. The monoisotopic (exact) mass is 322 g/mol. The van der Waals surface area contributed by atoms with Crippen molar-refractivity contribution in [3.63, 3.8) is 0 Å². The maximum Gasteiger partial charge on any atom is 0.385 e. The van der Waals surface area contributed by atoms with Gasteiger partial charge in [0, 0.05) is 0 Å². The van der Waals surface area contributed by atoms with Gasteiger partial charge >= 0.3 is 12.2 Å². The van der Waals surface area contributed by atoms with E-state index in [2.05, 4.69) is 9.98 Å². The third kappa shape index (κ3) is 7.04. The molecule has 0 aliphatic heterocycles. The van der Waals surface area contributed by atoms with Gasteiger partial charge in [0.2, 0.25) is 0 Å². The topological polar surface area (TPSA) is 61.6 Å². The second-order valence-electron chi connectivity index (χ2n) is 4.31. The van der Waals surface area contributed by atoms with Gasteiger partial charge < -0.3 is 18.9 Å². The van der Waals surface area contributed by atoms with E-state index in [1.54, 1.807) is 0 Å². The third-order valence-electron chi connectivity index (χ3n) is 2.62. The number of nitrogens with zero attached hydrogens (tertiary/aromatic N) is 2. The van der Waals surface area contributed by atoms with Crippen LogP contribution in [-0.2, 0) is 18.9 Å². The minimum Gasteiger partial charge on any atom is -0.451 e. The van der Waals surface area contributed by atoms with Gasteiger partial charge in [-0.25, -0.2) is 0 Å². The van der Waals surface area contributed by atoms with Gasteiger partial charge in [-0.05, 0) is 33.3 Å². The Balaban J connectivity index is 3.15. The molecule has 1 aromatic carbocycles. The minimum absolute atomic E-state index is 0.208. The van der Waals surface area contributed by atoms with Crippen molar-refractivity contribution in [2.45, 2.75) is 33.9 Å². The summed E-state index contributed by atoms with van der Waals surface area (Å²) in [6, 6.07) is 9.65. The number of hydrogen-bond acceptors (Lipinski definition) is 6. The molecule has 1 rings (SSSR count). The highest BCUT2D eigenvalue weighted by Crippen LogP contribution is 2.20. The maximum atomic E-state index is 5.41. The molecule has 0 bridgehead atoms. The Morgan fingerprint density at radius 3 is 1.48 bits per heavy atom. The summed E-state index contributed by atoms with van der Waals surface area (Å²) in [5.74, 6) is 0. The lowest BCUT2D eigenvalue weighted by atomic mass is 10.2. The van der Waals surface area contributed by atoms with Gasteiger partial charge in [0.25, 0.3) is 0 Å². The lowest BCUT2D eigenvalue weighted by Crippen LogP contribution is -2.14. The van der Waals surface area contributed by atoms with E-state index in [4.69, 9.17) is 18.9 Å². The first-order valence-corrected chi connectivity index (χ1v) is 7.96. The van der Waals surface area contributed by atoms with Gasteiger partial charge in [-0.1, -0.05) is 30.3 Å². The fourth-order valence-corrected chi connectivity index (χ4v) is 1.73. The standard InChI is InChI=1S/C17H26N2O4/c1-5-20-16(21-6-2)18-15(14-12-10-9-11-13-14)19-17(22-7-3)23-8-4/h9-13,15H,5-8H2,1-4H3. The van der Waals surface area contributed by atoms with Crippen molar-refractivity contribution in [1.29, 1.82) is 0 Å². The van der Waals surface area contributed by atoms with Crippen molar-refractivity contribution >= 4 is 12.2 Å². The molecular weight excluding hydrogens is 296 g/mol. The first-order valence-electron chi connectivity index (χ1n) is 7.96. The van der Waals surface area contributed by atoms with Crippen LogP contribution in [0.4, 0.5) is 0 Å². The van der Waals surface area contributed by atoms with Gasteiger partial charge in [-0.15, -0.1) is 0 Å². The summed E-state index contributed by atoms with van der Waals surface area (Å²) in [4.78, 5) is 8.91. The van der Waals surface area contributed by atoms with E-state index in [0.717, 1.165) is 5.56 Å². The number of aliphatic imine (C=N–C) groups is 2. The molecule has 0 heterocycles. The molecule has 0 N–H and O–H groups in total. The molecule has 0 atom stereocenters. The zero-order valence-corrected chi connectivity index (χ0v) is 14.3. The van der Waals surface area contributed by atoms with Crippen LogP contribution in [0.2, 0.25) is 0 Å². The normalized spacial score (nSPS) is 9.96. The summed E-state index contributed by atoms with van der Waals surface area (Å²) in [6.45, 7) is 9.37. The smallest absolute Gasteiger partial charge is 0.385 e. The maximum absolute atomic E-state index is 5.41. The molecule has 0 radical (unpaired) electrons. The van der Waals surface area contributed by atoms with Crippen LogP contribution in [0.25, 0.3) is 0 Å². The Morgan fingerprint density at radius 1 is 0.739 bits per heavy atom. The van der Waals surface area contributed by atoms with Crippen molar-refractivity contribution in [3.05, 3.63) is 35.9 Å². The molecule has 0 aliphatic carbocycles. The van der Waals surface area contributed by atoms with Crippen molar-refractivity contribution in [3.8, 4) is 0 Å². The van der Waals surface area contributed by atoms with Crippen LogP contribution >= 0.6 is 0 Å². The van der Waals surface area contributed by atoms with E-state index in [1.807, 2.05) is 58.0 Å². The lowest BCUT2D eigenvalue weighted by Gasteiger charge is -2.14. The second kappa shape index (κ2) is 11.3. The molecule has 0 spiro atoms. The van der Waals surface area contributed by atoms with Crippen molar-refractivity contribution < 1.29 is 18.9 Å². The summed E-state index contributed by atoms with van der Waals surface area (Å²) in [5.41, 5.74) is 0.890. The molecule has 6 heteroatoms. The predicted molar refractivity (Wildman–Crippen MR) is 90.6 cm³/mol. The first-order chi connectivity index (χ1) is 11.2. The third-order valence-corrected chi connectivity index (χ3v) is 2.62. The van der Waals surface area contributed by atoms with Crippen molar-refractivity contribution in [1.82, 2.24) is 0 Å². The second-order valence-corrected chi connectivity index (χ2v) is 4.31. The van der Waals surface area contributed by atoms with Crippen molar-refractivity contribution in [2.24, 2.45) is 9.98 Å². The molecule has 0 fully saturated rings. The molecule has 0 amide bonds. The highest BCUT2D eigenvalue weighted by molar-refractivity contribution is 5.69. The Bertz CT molecular complexity index is 447. The highest BCUT2D eigenvalue weighted by Gasteiger charge is 2.15. The summed E-state index contributed by atoms with van der Waals surface area (Å²) in [6.07, 6.45) is -0.141. The van der Waals surface area contributed by atoms with E-state index in [9.17, 15) is 0 Å². The van der Waals surface area contributed by atoms with E-state index in [1.165, 1.54) is 0 Å². The SMILES string of the molecule is CCOC(=NC(N=C(OCC)OCC)c1ccccc1)OCC. The summed E-state index contributed by atoms with van der Waals surface area (Å²) >= 11 is 0. The first kappa shape index (κ1) is 18.8. The van der Waals surface area contributed by atoms with Gasteiger partial charge in [0.1, 0.15) is 0 Å². The number of rotatable bonds is 7. The quantitative estimate of drug-likeness (QED) is 0.569. The molecule has 0 unspecified atom stereocenters. The summed E-state index contributed by atoms with van der Waals surface area (Å²) < 4.78 is 21.7. The average Bonchev–Trinajstić information content (AvgIpc) is 2.56. The van der Waals surface area contributed by atoms with E-state index < -0.39 is 6.17 Å². The largest absolute Gasteiger partial charge is 0.451 e. The number of ether oxygens (including phenoxy) is 4. The van der Waals surface area contributed by atoms with Crippen LogP contribution in [-0.4, -0.2) is 38.6 Å². The van der Waals surface area contributed by atoms with Gasteiger partial charge in [0.15, 0.2) is 6.17 Å². The van der Waals surface area contributed by atoms with Gasteiger partial charge in [-0.2, -0.15) is 9.98 Å². The number of benzene rings is 1. The molecule has 0 aliphatic rings. The zero-order valence-electron chi connectivity index (χ0n) is 14.3.